The molecule has 1 aromatic carbocycles. The van der Waals surface area contributed by atoms with Crippen molar-refractivity contribution in [2.24, 2.45) is 0 Å². The third-order valence-electron chi connectivity index (χ3n) is 1.94. The van der Waals surface area contributed by atoms with E-state index in [0.717, 1.165) is 0 Å². The van der Waals surface area contributed by atoms with Gasteiger partial charge in [-0.1, -0.05) is 30.7 Å². The van der Waals surface area contributed by atoms with Crippen LogP contribution >= 0.6 is 11.6 Å². The lowest BCUT2D eigenvalue weighted by atomic mass is 10.1. The number of nitro groups is 1. The van der Waals surface area contributed by atoms with Gasteiger partial charge in [0, 0.05) is 18.1 Å². The molecule has 15 heavy (non-hydrogen) atoms. The largest absolute Gasteiger partial charge is 0.506 e. The standard InChI is InChI=1S/C10H10ClNO3/c1-2-8(12(14)15)6-7-4-3-5-9(11)10(7)13/h3-6,13H,2H2,1H3/b8-6+. The number of benzene rings is 1. The molecule has 0 atom stereocenters. The summed E-state index contributed by atoms with van der Waals surface area (Å²) in [5.74, 6) is -0.132. The van der Waals surface area contributed by atoms with Gasteiger partial charge in [0.25, 0.3) is 0 Å². The molecule has 1 N–H and O–H groups in total. The maximum atomic E-state index is 10.6. The van der Waals surface area contributed by atoms with Crippen LogP contribution in [0.15, 0.2) is 23.9 Å². The molecule has 0 aliphatic heterocycles. The minimum Gasteiger partial charge on any atom is -0.506 e. The van der Waals surface area contributed by atoms with Gasteiger partial charge in [-0.15, -0.1) is 0 Å². The van der Waals surface area contributed by atoms with E-state index in [1.165, 1.54) is 12.1 Å². The van der Waals surface area contributed by atoms with E-state index in [1.54, 1.807) is 19.1 Å². The van der Waals surface area contributed by atoms with Gasteiger partial charge in [0.1, 0.15) is 5.75 Å². The summed E-state index contributed by atoms with van der Waals surface area (Å²) >= 11 is 5.67. The van der Waals surface area contributed by atoms with E-state index in [1.807, 2.05) is 0 Å². The second kappa shape index (κ2) is 4.79. The molecule has 1 aromatic rings. The zero-order valence-corrected chi connectivity index (χ0v) is 8.86. The van der Waals surface area contributed by atoms with E-state index in [9.17, 15) is 15.2 Å². The Bertz CT molecular complexity index is 415. The van der Waals surface area contributed by atoms with E-state index in [-0.39, 0.29) is 16.5 Å². The fraction of sp³-hybridized carbons (Fsp3) is 0.200. The van der Waals surface area contributed by atoms with Gasteiger partial charge in [-0.05, 0) is 6.07 Å². The van der Waals surface area contributed by atoms with Crippen molar-refractivity contribution in [1.29, 1.82) is 0 Å². The highest BCUT2D eigenvalue weighted by Crippen LogP contribution is 2.28. The van der Waals surface area contributed by atoms with Gasteiger partial charge in [-0.2, -0.15) is 0 Å². The fourth-order valence-electron chi connectivity index (χ4n) is 1.11. The molecule has 0 aliphatic rings. The van der Waals surface area contributed by atoms with Crippen molar-refractivity contribution in [3.8, 4) is 5.75 Å². The highest BCUT2D eigenvalue weighted by Gasteiger charge is 2.10. The average Bonchev–Trinajstić information content (AvgIpc) is 2.19. The van der Waals surface area contributed by atoms with Gasteiger partial charge in [0.15, 0.2) is 0 Å². The molecule has 4 nitrogen and oxygen atoms in total. The lowest BCUT2D eigenvalue weighted by Gasteiger charge is -2.01. The summed E-state index contributed by atoms with van der Waals surface area (Å²) in [6.45, 7) is 1.68. The molecule has 0 heterocycles. The minimum atomic E-state index is -0.472. The summed E-state index contributed by atoms with van der Waals surface area (Å²) in [7, 11) is 0. The Morgan fingerprint density at radius 3 is 2.87 bits per heavy atom. The van der Waals surface area contributed by atoms with Gasteiger partial charge in [-0.25, -0.2) is 0 Å². The summed E-state index contributed by atoms with van der Waals surface area (Å²) in [5, 5.41) is 20.3. The number of aromatic hydroxyl groups is 1. The summed E-state index contributed by atoms with van der Waals surface area (Å²) in [6, 6.07) is 4.72. The molecule has 0 saturated heterocycles. The molecular formula is C10H10ClNO3. The second-order valence-corrected chi connectivity index (χ2v) is 3.33. The van der Waals surface area contributed by atoms with Crippen molar-refractivity contribution >= 4 is 17.7 Å². The molecule has 0 aliphatic carbocycles. The van der Waals surface area contributed by atoms with Crippen LogP contribution in [-0.4, -0.2) is 10.0 Å². The van der Waals surface area contributed by atoms with Crippen molar-refractivity contribution in [3.05, 3.63) is 44.6 Å². The average molecular weight is 228 g/mol. The first kappa shape index (κ1) is 11.5. The highest BCUT2D eigenvalue weighted by atomic mass is 35.5. The van der Waals surface area contributed by atoms with Crippen molar-refractivity contribution < 1.29 is 10.0 Å². The summed E-state index contributed by atoms with van der Waals surface area (Å²) in [5.41, 5.74) is 0.392. The highest BCUT2D eigenvalue weighted by molar-refractivity contribution is 6.32. The predicted octanol–water partition coefficient (Wildman–Crippen LogP) is 3.07. The molecular weight excluding hydrogens is 218 g/mol. The smallest absolute Gasteiger partial charge is 0.246 e. The quantitative estimate of drug-likeness (QED) is 0.638. The molecule has 0 aromatic heterocycles. The number of para-hydroxylation sites is 1. The van der Waals surface area contributed by atoms with Gasteiger partial charge >= 0.3 is 0 Å². The molecule has 0 saturated carbocycles. The van der Waals surface area contributed by atoms with Gasteiger partial charge in [0.05, 0.1) is 9.95 Å². The lowest BCUT2D eigenvalue weighted by Crippen LogP contribution is -1.96. The summed E-state index contributed by atoms with van der Waals surface area (Å²) in [6.07, 6.45) is 1.61. The lowest BCUT2D eigenvalue weighted by molar-refractivity contribution is -0.425. The molecule has 0 fully saturated rings. The van der Waals surface area contributed by atoms with Crippen LogP contribution in [0.5, 0.6) is 5.75 Å². The number of nitrogens with zero attached hydrogens (tertiary/aromatic N) is 1. The predicted molar refractivity (Wildman–Crippen MR) is 58.4 cm³/mol. The zero-order chi connectivity index (χ0) is 11.4. The van der Waals surface area contributed by atoms with E-state index < -0.39 is 4.92 Å². The van der Waals surface area contributed by atoms with Crippen LogP contribution in [0.2, 0.25) is 5.02 Å². The van der Waals surface area contributed by atoms with Crippen LogP contribution in [0.4, 0.5) is 0 Å². The number of halogens is 1. The number of hydrogen-bond acceptors (Lipinski definition) is 3. The maximum Gasteiger partial charge on any atom is 0.246 e. The maximum absolute atomic E-state index is 10.6. The minimum absolute atomic E-state index is 0.0348. The van der Waals surface area contributed by atoms with Crippen LogP contribution in [0.3, 0.4) is 0 Å². The zero-order valence-electron chi connectivity index (χ0n) is 8.11. The second-order valence-electron chi connectivity index (χ2n) is 2.92. The van der Waals surface area contributed by atoms with E-state index in [0.29, 0.717) is 12.0 Å². The first-order valence-electron chi connectivity index (χ1n) is 4.38. The van der Waals surface area contributed by atoms with Crippen molar-refractivity contribution in [1.82, 2.24) is 0 Å². The SMILES string of the molecule is CC/C(=C\c1cccc(Cl)c1O)[N+](=O)[O-]. The van der Waals surface area contributed by atoms with Crippen LogP contribution in [0.25, 0.3) is 6.08 Å². The molecule has 0 amide bonds. The van der Waals surface area contributed by atoms with Crippen molar-refractivity contribution in [3.63, 3.8) is 0 Å². The molecule has 0 radical (unpaired) electrons. The van der Waals surface area contributed by atoms with E-state index in [4.69, 9.17) is 11.6 Å². The first-order chi connectivity index (χ1) is 7.06. The van der Waals surface area contributed by atoms with Crippen LogP contribution in [-0.2, 0) is 0 Å². The van der Waals surface area contributed by atoms with E-state index in [2.05, 4.69) is 0 Å². The van der Waals surface area contributed by atoms with E-state index >= 15 is 0 Å². The fourth-order valence-corrected chi connectivity index (χ4v) is 1.29. The number of phenolic OH excluding ortho intramolecular Hbond substituents is 1. The Labute approximate surface area is 92.0 Å². The Balaban J connectivity index is 3.17. The molecule has 1 rings (SSSR count). The third-order valence-corrected chi connectivity index (χ3v) is 2.24. The number of rotatable bonds is 3. The number of allylic oxidation sites excluding steroid dienone is 1. The monoisotopic (exact) mass is 227 g/mol. The van der Waals surface area contributed by atoms with Crippen molar-refractivity contribution in [2.45, 2.75) is 13.3 Å². The first-order valence-corrected chi connectivity index (χ1v) is 4.76. The molecule has 0 spiro atoms. The molecule has 0 bridgehead atoms. The Morgan fingerprint density at radius 1 is 1.67 bits per heavy atom. The molecule has 0 unspecified atom stereocenters. The van der Waals surface area contributed by atoms with Gasteiger partial charge in [-0.3, -0.25) is 10.1 Å². The number of hydrogen-bond donors (Lipinski definition) is 1. The topological polar surface area (TPSA) is 63.4 Å². The van der Waals surface area contributed by atoms with Crippen LogP contribution < -0.4 is 0 Å². The van der Waals surface area contributed by atoms with Gasteiger partial charge in [0.2, 0.25) is 5.70 Å². The molecule has 5 heteroatoms. The normalized spacial score (nSPS) is 11.5. The molecule has 80 valence electrons. The third kappa shape index (κ3) is 2.70. The summed E-state index contributed by atoms with van der Waals surface area (Å²) in [4.78, 5) is 10.1. The number of phenols is 1. The Hall–Kier alpha value is -1.55. The Kier molecular flexibility index (Phi) is 3.68. The summed E-state index contributed by atoms with van der Waals surface area (Å²) < 4.78 is 0. The Morgan fingerprint density at radius 2 is 2.33 bits per heavy atom. The van der Waals surface area contributed by atoms with Crippen LogP contribution in [0, 0.1) is 10.1 Å². The van der Waals surface area contributed by atoms with Crippen molar-refractivity contribution in [2.75, 3.05) is 0 Å². The van der Waals surface area contributed by atoms with Crippen LogP contribution in [0.1, 0.15) is 18.9 Å². The van der Waals surface area contributed by atoms with Gasteiger partial charge < -0.3 is 5.11 Å².